The molecule has 0 amide bonds. The van der Waals surface area contributed by atoms with Crippen molar-refractivity contribution in [3.63, 3.8) is 0 Å². The lowest BCUT2D eigenvalue weighted by Gasteiger charge is -2.33. The molecule has 2 rings (SSSR count). The number of rotatable bonds is 7. The third kappa shape index (κ3) is 4.61. The van der Waals surface area contributed by atoms with Crippen molar-refractivity contribution < 1.29 is 14.2 Å². The second kappa shape index (κ2) is 8.77. The van der Waals surface area contributed by atoms with Crippen molar-refractivity contribution in [2.75, 3.05) is 32.9 Å². The maximum atomic E-state index is 5.81. The van der Waals surface area contributed by atoms with Crippen molar-refractivity contribution in [3.8, 4) is 11.5 Å². The van der Waals surface area contributed by atoms with Crippen molar-refractivity contribution in [3.05, 3.63) is 23.8 Å². The second-order valence-corrected chi connectivity index (χ2v) is 5.43. The first kappa shape index (κ1) is 17.6. The molecule has 5 heteroatoms. The summed E-state index contributed by atoms with van der Waals surface area (Å²) in [6.07, 6.45) is 0. The molecule has 0 aromatic heterocycles. The van der Waals surface area contributed by atoms with Gasteiger partial charge in [-0.15, -0.1) is 0 Å². The van der Waals surface area contributed by atoms with Gasteiger partial charge in [0.25, 0.3) is 0 Å². The smallest absolute Gasteiger partial charge is 0.200 e. The molecule has 1 atom stereocenters. The van der Waals surface area contributed by atoms with Crippen LogP contribution in [0.2, 0.25) is 0 Å². The van der Waals surface area contributed by atoms with E-state index < -0.39 is 0 Å². The first-order valence-electron chi connectivity index (χ1n) is 8.49. The Bertz CT molecular complexity index is 531. The SMILES string of the molecule is CCOC1=NCCN(Cc2ccc(OCC)cc2OCC)C1C. The fraction of sp³-hybridized carbons (Fsp3) is 0.611. The Morgan fingerprint density at radius 1 is 1.09 bits per heavy atom. The van der Waals surface area contributed by atoms with E-state index in [1.165, 1.54) is 5.56 Å². The van der Waals surface area contributed by atoms with Gasteiger partial charge in [0.1, 0.15) is 11.5 Å². The lowest BCUT2D eigenvalue weighted by molar-refractivity contribution is 0.191. The van der Waals surface area contributed by atoms with Crippen molar-refractivity contribution in [1.82, 2.24) is 4.90 Å². The van der Waals surface area contributed by atoms with Gasteiger partial charge in [0, 0.05) is 24.7 Å². The summed E-state index contributed by atoms with van der Waals surface area (Å²) in [5.74, 6) is 2.58. The Balaban J connectivity index is 2.13. The summed E-state index contributed by atoms with van der Waals surface area (Å²) in [6.45, 7) is 12.6. The van der Waals surface area contributed by atoms with Gasteiger partial charge in [-0.1, -0.05) is 6.07 Å². The zero-order valence-corrected chi connectivity index (χ0v) is 14.7. The molecule has 1 aromatic rings. The molecule has 0 aliphatic carbocycles. The standard InChI is InChI=1S/C18H28N2O3/c1-5-21-16-9-8-15(17(12-16)22-6-2)13-20-11-10-19-18(14(20)4)23-7-3/h8-9,12,14H,5-7,10-11,13H2,1-4H3. The van der Waals surface area contributed by atoms with Crippen LogP contribution in [-0.4, -0.2) is 49.7 Å². The van der Waals surface area contributed by atoms with Crippen LogP contribution >= 0.6 is 0 Å². The summed E-state index contributed by atoms with van der Waals surface area (Å²) < 4.78 is 17.0. The van der Waals surface area contributed by atoms with Gasteiger partial charge in [0.15, 0.2) is 0 Å². The number of aliphatic imine (C=N–C) groups is 1. The van der Waals surface area contributed by atoms with Gasteiger partial charge in [-0.3, -0.25) is 9.89 Å². The van der Waals surface area contributed by atoms with E-state index in [1.54, 1.807) is 0 Å². The Morgan fingerprint density at radius 3 is 2.52 bits per heavy atom. The number of nitrogens with zero attached hydrogens (tertiary/aromatic N) is 2. The molecule has 0 radical (unpaired) electrons. The lowest BCUT2D eigenvalue weighted by atomic mass is 10.1. The monoisotopic (exact) mass is 320 g/mol. The minimum absolute atomic E-state index is 0.185. The largest absolute Gasteiger partial charge is 0.494 e. The molecule has 1 heterocycles. The van der Waals surface area contributed by atoms with Gasteiger partial charge < -0.3 is 14.2 Å². The molecule has 0 N–H and O–H groups in total. The Hall–Kier alpha value is -1.75. The highest BCUT2D eigenvalue weighted by Gasteiger charge is 2.25. The average molecular weight is 320 g/mol. The summed E-state index contributed by atoms with van der Waals surface area (Å²) in [4.78, 5) is 6.86. The molecule has 1 aromatic carbocycles. The highest BCUT2D eigenvalue weighted by atomic mass is 16.5. The van der Waals surface area contributed by atoms with Crippen LogP contribution < -0.4 is 9.47 Å². The van der Waals surface area contributed by atoms with Crippen LogP contribution in [0.25, 0.3) is 0 Å². The van der Waals surface area contributed by atoms with Gasteiger partial charge in [-0.25, -0.2) is 0 Å². The van der Waals surface area contributed by atoms with Crippen LogP contribution in [0.1, 0.15) is 33.3 Å². The third-order valence-electron chi connectivity index (χ3n) is 3.88. The number of ether oxygens (including phenoxy) is 3. The normalized spacial score (nSPS) is 18.4. The quantitative estimate of drug-likeness (QED) is 0.774. The van der Waals surface area contributed by atoms with E-state index >= 15 is 0 Å². The van der Waals surface area contributed by atoms with Crippen LogP contribution in [0.4, 0.5) is 0 Å². The molecular weight excluding hydrogens is 292 g/mol. The van der Waals surface area contributed by atoms with E-state index in [2.05, 4.69) is 22.9 Å². The van der Waals surface area contributed by atoms with E-state index in [4.69, 9.17) is 14.2 Å². The van der Waals surface area contributed by atoms with Gasteiger partial charge in [-0.2, -0.15) is 0 Å². The minimum Gasteiger partial charge on any atom is -0.494 e. The predicted molar refractivity (Wildman–Crippen MR) is 92.6 cm³/mol. The zero-order chi connectivity index (χ0) is 16.7. The fourth-order valence-electron chi connectivity index (χ4n) is 2.73. The van der Waals surface area contributed by atoms with Crippen LogP contribution in [0, 0.1) is 0 Å². The first-order chi connectivity index (χ1) is 11.2. The summed E-state index contributed by atoms with van der Waals surface area (Å²) >= 11 is 0. The lowest BCUT2D eigenvalue weighted by Crippen LogP contribution is -2.44. The molecule has 128 valence electrons. The van der Waals surface area contributed by atoms with E-state index in [1.807, 2.05) is 32.9 Å². The molecular formula is C18H28N2O3. The van der Waals surface area contributed by atoms with Crippen LogP contribution in [0.15, 0.2) is 23.2 Å². The Labute approximate surface area is 139 Å². The van der Waals surface area contributed by atoms with E-state index in [9.17, 15) is 0 Å². The minimum atomic E-state index is 0.185. The predicted octanol–water partition coefficient (Wildman–Crippen LogP) is 3.12. The molecule has 0 spiro atoms. The molecule has 0 saturated heterocycles. The van der Waals surface area contributed by atoms with Crippen molar-refractivity contribution >= 4 is 5.90 Å². The van der Waals surface area contributed by atoms with E-state index in [0.717, 1.165) is 37.0 Å². The molecule has 1 unspecified atom stereocenters. The molecule has 0 bridgehead atoms. The highest BCUT2D eigenvalue weighted by molar-refractivity contribution is 5.82. The van der Waals surface area contributed by atoms with Crippen LogP contribution in [0.5, 0.6) is 11.5 Å². The van der Waals surface area contributed by atoms with Gasteiger partial charge >= 0.3 is 0 Å². The summed E-state index contributed by atoms with van der Waals surface area (Å²) in [5, 5.41) is 0. The maximum absolute atomic E-state index is 5.81. The number of hydrogen-bond donors (Lipinski definition) is 0. The van der Waals surface area contributed by atoms with Crippen molar-refractivity contribution in [2.45, 2.75) is 40.3 Å². The molecule has 1 aliphatic rings. The number of benzene rings is 1. The third-order valence-corrected chi connectivity index (χ3v) is 3.88. The first-order valence-corrected chi connectivity index (χ1v) is 8.49. The van der Waals surface area contributed by atoms with Crippen LogP contribution in [0.3, 0.4) is 0 Å². The highest BCUT2D eigenvalue weighted by Crippen LogP contribution is 2.27. The zero-order valence-electron chi connectivity index (χ0n) is 14.7. The van der Waals surface area contributed by atoms with Gasteiger partial charge in [0.2, 0.25) is 5.90 Å². The van der Waals surface area contributed by atoms with Gasteiger partial charge in [-0.05, 0) is 33.8 Å². The maximum Gasteiger partial charge on any atom is 0.200 e. The molecule has 0 fully saturated rings. The topological polar surface area (TPSA) is 43.3 Å². The van der Waals surface area contributed by atoms with E-state index in [0.29, 0.717) is 19.8 Å². The van der Waals surface area contributed by atoms with Gasteiger partial charge in [0.05, 0.1) is 32.4 Å². The Morgan fingerprint density at radius 2 is 1.83 bits per heavy atom. The Kier molecular flexibility index (Phi) is 6.71. The second-order valence-electron chi connectivity index (χ2n) is 5.43. The number of hydrogen-bond acceptors (Lipinski definition) is 5. The summed E-state index contributed by atoms with van der Waals surface area (Å²) in [5.41, 5.74) is 1.17. The van der Waals surface area contributed by atoms with Crippen molar-refractivity contribution in [2.24, 2.45) is 4.99 Å². The molecule has 5 nitrogen and oxygen atoms in total. The summed E-state index contributed by atoms with van der Waals surface area (Å²) in [6, 6.07) is 6.27. The van der Waals surface area contributed by atoms with Crippen molar-refractivity contribution in [1.29, 1.82) is 0 Å². The molecule has 23 heavy (non-hydrogen) atoms. The molecule has 0 saturated carbocycles. The fourth-order valence-corrected chi connectivity index (χ4v) is 2.73. The average Bonchev–Trinajstić information content (AvgIpc) is 2.54. The summed E-state index contributed by atoms with van der Waals surface area (Å²) in [7, 11) is 0. The molecule has 1 aliphatic heterocycles. The van der Waals surface area contributed by atoms with E-state index in [-0.39, 0.29) is 6.04 Å². The van der Waals surface area contributed by atoms with Crippen LogP contribution in [-0.2, 0) is 11.3 Å².